The lowest BCUT2D eigenvalue weighted by Gasteiger charge is -2.41. The fourth-order valence-corrected chi connectivity index (χ4v) is 1.78. The second-order valence-electron chi connectivity index (χ2n) is 5.07. The number of aromatic nitrogens is 3. The first-order valence-corrected chi connectivity index (χ1v) is 5.34. The molecule has 0 bridgehead atoms. The highest BCUT2D eigenvalue weighted by Crippen LogP contribution is 2.39. The van der Waals surface area contributed by atoms with Crippen molar-refractivity contribution in [3.63, 3.8) is 0 Å². The molecule has 4 nitrogen and oxygen atoms in total. The van der Waals surface area contributed by atoms with Crippen LogP contribution in [0.5, 0.6) is 0 Å². The van der Waals surface area contributed by atoms with Crippen molar-refractivity contribution in [1.82, 2.24) is 14.7 Å². The molecule has 86 valence electrons. The number of hydrogen-bond acceptors (Lipinski definition) is 3. The Labute approximate surface area is 95.3 Å². The van der Waals surface area contributed by atoms with Gasteiger partial charge in [-0.15, -0.1) is 0 Å². The quantitative estimate of drug-likeness (QED) is 0.797. The monoisotopic (exact) mass is 219 g/mol. The van der Waals surface area contributed by atoms with E-state index >= 15 is 0 Å². The summed E-state index contributed by atoms with van der Waals surface area (Å²) >= 11 is 0. The van der Waals surface area contributed by atoms with Crippen molar-refractivity contribution >= 4 is 0 Å². The van der Waals surface area contributed by atoms with Gasteiger partial charge in [-0.25, -0.2) is 4.98 Å². The second-order valence-corrected chi connectivity index (χ2v) is 5.07. The van der Waals surface area contributed by atoms with Gasteiger partial charge in [0.05, 0.1) is 12.5 Å². The lowest BCUT2D eigenvalue weighted by atomic mass is 9.70. The Morgan fingerprint density at radius 3 is 2.50 bits per heavy atom. The summed E-state index contributed by atoms with van der Waals surface area (Å²) in [7, 11) is 0. The molecule has 0 aliphatic rings. The summed E-state index contributed by atoms with van der Waals surface area (Å²) in [6.45, 7) is 8.72. The highest BCUT2D eigenvalue weighted by Gasteiger charge is 2.40. The van der Waals surface area contributed by atoms with E-state index in [1.165, 1.54) is 0 Å². The highest BCUT2D eigenvalue weighted by molar-refractivity contribution is 5.21. The standard InChI is InChI=1S/C12H17N3O/c1-11(2,10-7-14-16-8-10)12(3,4)15-6-5-13-9-15/h5-9H,1-4H3. The molecule has 0 saturated heterocycles. The van der Waals surface area contributed by atoms with Crippen molar-refractivity contribution in [2.75, 3.05) is 0 Å². The Morgan fingerprint density at radius 2 is 2.00 bits per heavy atom. The van der Waals surface area contributed by atoms with Crippen LogP contribution in [0.1, 0.15) is 33.3 Å². The summed E-state index contributed by atoms with van der Waals surface area (Å²) in [5.74, 6) is 0. The van der Waals surface area contributed by atoms with Crippen LogP contribution in [-0.2, 0) is 11.0 Å². The lowest BCUT2D eigenvalue weighted by molar-refractivity contribution is 0.199. The van der Waals surface area contributed by atoms with E-state index in [1.807, 2.05) is 12.5 Å². The van der Waals surface area contributed by atoms with Gasteiger partial charge in [-0.3, -0.25) is 0 Å². The normalized spacial score (nSPS) is 13.0. The van der Waals surface area contributed by atoms with Gasteiger partial charge in [-0.2, -0.15) is 0 Å². The minimum absolute atomic E-state index is 0.0896. The van der Waals surface area contributed by atoms with E-state index in [-0.39, 0.29) is 11.0 Å². The van der Waals surface area contributed by atoms with E-state index in [4.69, 9.17) is 4.52 Å². The molecule has 0 atom stereocenters. The van der Waals surface area contributed by atoms with Gasteiger partial charge >= 0.3 is 0 Å². The number of nitrogens with zero attached hydrogens (tertiary/aromatic N) is 3. The molecule has 2 rings (SSSR count). The van der Waals surface area contributed by atoms with Gasteiger partial charge < -0.3 is 9.09 Å². The molecule has 0 radical (unpaired) electrons. The minimum Gasteiger partial charge on any atom is -0.364 e. The van der Waals surface area contributed by atoms with Crippen molar-refractivity contribution < 1.29 is 4.52 Å². The van der Waals surface area contributed by atoms with E-state index in [2.05, 4.69) is 42.4 Å². The summed E-state index contributed by atoms with van der Waals surface area (Å²) in [6.07, 6.45) is 9.10. The smallest absolute Gasteiger partial charge is 0.127 e. The van der Waals surface area contributed by atoms with Gasteiger partial charge in [0.2, 0.25) is 0 Å². The third-order valence-electron chi connectivity index (χ3n) is 3.83. The molecule has 0 unspecified atom stereocenters. The fraction of sp³-hybridized carbons (Fsp3) is 0.500. The van der Waals surface area contributed by atoms with E-state index in [1.54, 1.807) is 18.7 Å². The van der Waals surface area contributed by atoms with E-state index in [0.717, 1.165) is 5.56 Å². The predicted octanol–water partition coefficient (Wildman–Crippen LogP) is 2.58. The molecule has 2 heterocycles. The van der Waals surface area contributed by atoms with Crippen LogP contribution >= 0.6 is 0 Å². The Bertz CT molecular complexity index is 396. The van der Waals surface area contributed by atoms with Crippen LogP contribution in [-0.4, -0.2) is 14.7 Å². The first kappa shape index (κ1) is 10.9. The Hall–Kier alpha value is -1.58. The van der Waals surface area contributed by atoms with Crippen molar-refractivity contribution in [2.45, 2.75) is 38.6 Å². The summed E-state index contributed by atoms with van der Waals surface area (Å²) in [5, 5.41) is 3.78. The van der Waals surface area contributed by atoms with Crippen molar-refractivity contribution in [1.29, 1.82) is 0 Å². The zero-order chi connectivity index (χ0) is 11.8. The topological polar surface area (TPSA) is 43.9 Å². The van der Waals surface area contributed by atoms with Gasteiger partial charge in [0.15, 0.2) is 0 Å². The van der Waals surface area contributed by atoms with Gasteiger partial charge in [0.25, 0.3) is 0 Å². The number of hydrogen-bond donors (Lipinski definition) is 0. The molecular weight excluding hydrogens is 202 g/mol. The van der Waals surface area contributed by atoms with Gasteiger partial charge in [0, 0.05) is 28.9 Å². The van der Waals surface area contributed by atoms with Crippen molar-refractivity contribution in [3.8, 4) is 0 Å². The molecule has 0 aromatic carbocycles. The lowest BCUT2D eigenvalue weighted by Crippen LogP contribution is -2.44. The molecule has 0 spiro atoms. The fourth-order valence-electron chi connectivity index (χ4n) is 1.78. The average Bonchev–Trinajstić information content (AvgIpc) is 2.91. The Morgan fingerprint density at radius 1 is 1.25 bits per heavy atom. The molecule has 2 aromatic heterocycles. The molecular formula is C12H17N3O. The summed E-state index contributed by atoms with van der Waals surface area (Å²) < 4.78 is 7.05. The molecule has 0 saturated carbocycles. The Kier molecular flexibility index (Phi) is 2.37. The summed E-state index contributed by atoms with van der Waals surface area (Å²) in [5.41, 5.74) is 0.897. The number of rotatable bonds is 3. The molecule has 0 amide bonds. The van der Waals surface area contributed by atoms with Gasteiger partial charge in [0.1, 0.15) is 6.26 Å². The maximum Gasteiger partial charge on any atom is 0.127 e. The van der Waals surface area contributed by atoms with Crippen LogP contribution in [0, 0.1) is 0 Å². The molecule has 0 N–H and O–H groups in total. The first-order valence-electron chi connectivity index (χ1n) is 5.34. The second kappa shape index (κ2) is 3.47. The summed E-state index contributed by atoms with van der Waals surface area (Å²) in [4.78, 5) is 4.11. The maximum atomic E-state index is 4.94. The van der Waals surface area contributed by atoms with Crippen LogP contribution in [0.2, 0.25) is 0 Å². The number of imidazole rings is 1. The maximum absolute atomic E-state index is 4.94. The average molecular weight is 219 g/mol. The third-order valence-corrected chi connectivity index (χ3v) is 3.83. The van der Waals surface area contributed by atoms with Crippen LogP contribution in [0.15, 0.2) is 35.7 Å². The zero-order valence-corrected chi connectivity index (χ0v) is 10.1. The van der Waals surface area contributed by atoms with E-state index in [9.17, 15) is 0 Å². The third kappa shape index (κ3) is 1.45. The van der Waals surface area contributed by atoms with Gasteiger partial charge in [-0.1, -0.05) is 19.0 Å². The van der Waals surface area contributed by atoms with Crippen LogP contribution in [0.4, 0.5) is 0 Å². The van der Waals surface area contributed by atoms with E-state index < -0.39 is 0 Å². The molecule has 0 aliphatic heterocycles. The highest BCUT2D eigenvalue weighted by atomic mass is 16.5. The van der Waals surface area contributed by atoms with Crippen LogP contribution in [0.25, 0.3) is 0 Å². The van der Waals surface area contributed by atoms with Crippen LogP contribution < -0.4 is 0 Å². The largest absolute Gasteiger partial charge is 0.364 e. The molecule has 4 heteroatoms. The molecule has 0 aliphatic carbocycles. The summed E-state index contributed by atoms with van der Waals surface area (Å²) in [6, 6.07) is 0. The van der Waals surface area contributed by atoms with Gasteiger partial charge in [-0.05, 0) is 13.8 Å². The van der Waals surface area contributed by atoms with Crippen molar-refractivity contribution in [2.24, 2.45) is 0 Å². The van der Waals surface area contributed by atoms with E-state index in [0.29, 0.717) is 0 Å². The first-order chi connectivity index (χ1) is 7.46. The predicted molar refractivity (Wildman–Crippen MR) is 61.1 cm³/mol. The Balaban J connectivity index is 2.44. The zero-order valence-electron chi connectivity index (χ0n) is 10.1. The molecule has 16 heavy (non-hydrogen) atoms. The minimum atomic E-state index is -0.102. The SMILES string of the molecule is CC(C)(c1cnoc1)C(C)(C)n1ccnc1. The van der Waals surface area contributed by atoms with Crippen LogP contribution in [0.3, 0.4) is 0 Å². The molecule has 0 fully saturated rings. The molecule has 2 aromatic rings. The van der Waals surface area contributed by atoms with Crippen molar-refractivity contribution in [3.05, 3.63) is 36.7 Å².